The zero-order valence-electron chi connectivity index (χ0n) is 10.3. The van der Waals surface area contributed by atoms with Gasteiger partial charge in [0.05, 0.1) is 0 Å². The van der Waals surface area contributed by atoms with Crippen molar-refractivity contribution in [2.75, 3.05) is 24.5 Å². The van der Waals surface area contributed by atoms with Crippen molar-refractivity contribution in [3.05, 3.63) is 17.6 Å². The molecule has 1 atom stereocenters. The van der Waals surface area contributed by atoms with Gasteiger partial charge in [-0.25, -0.2) is 9.97 Å². The normalized spacial score (nSPS) is 21.2. The first-order chi connectivity index (χ1) is 7.70. The van der Waals surface area contributed by atoms with Gasteiger partial charge in [-0.1, -0.05) is 6.92 Å². The molecule has 0 spiro atoms. The SMILES string of the molecule is CCc1cc(N2CCNCC2C)nc(C)n1. The molecule has 2 rings (SSSR count). The van der Waals surface area contributed by atoms with Crippen LogP contribution in [0.3, 0.4) is 0 Å². The van der Waals surface area contributed by atoms with E-state index in [2.05, 4.69) is 40.1 Å². The molecule has 1 aliphatic heterocycles. The summed E-state index contributed by atoms with van der Waals surface area (Å²) in [6.45, 7) is 9.43. The average molecular weight is 220 g/mol. The standard InChI is InChI=1S/C12H20N4/c1-4-11-7-12(15-10(3)14-11)16-6-5-13-8-9(16)2/h7,9,13H,4-6,8H2,1-3H3. The van der Waals surface area contributed by atoms with Crippen molar-refractivity contribution in [2.45, 2.75) is 33.2 Å². The highest BCUT2D eigenvalue weighted by Gasteiger charge is 2.19. The van der Waals surface area contributed by atoms with Crippen LogP contribution < -0.4 is 10.2 Å². The highest BCUT2D eigenvalue weighted by molar-refractivity contribution is 5.41. The van der Waals surface area contributed by atoms with Crippen molar-refractivity contribution < 1.29 is 0 Å². The van der Waals surface area contributed by atoms with Crippen LogP contribution in [-0.2, 0) is 6.42 Å². The molecule has 2 heterocycles. The fourth-order valence-electron chi connectivity index (χ4n) is 2.12. The Morgan fingerprint density at radius 3 is 3.00 bits per heavy atom. The summed E-state index contributed by atoms with van der Waals surface area (Å²) in [4.78, 5) is 11.3. The van der Waals surface area contributed by atoms with E-state index >= 15 is 0 Å². The van der Waals surface area contributed by atoms with Crippen LogP contribution in [0.5, 0.6) is 0 Å². The first kappa shape index (κ1) is 11.3. The van der Waals surface area contributed by atoms with E-state index in [9.17, 15) is 0 Å². The molecule has 4 heteroatoms. The second-order valence-corrected chi connectivity index (χ2v) is 4.36. The van der Waals surface area contributed by atoms with E-state index in [-0.39, 0.29) is 0 Å². The average Bonchev–Trinajstić information content (AvgIpc) is 2.28. The number of rotatable bonds is 2. The van der Waals surface area contributed by atoms with Crippen molar-refractivity contribution >= 4 is 5.82 Å². The number of anilines is 1. The van der Waals surface area contributed by atoms with Crippen LogP contribution in [0.1, 0.15) is 25.4 Å². The fraction of sp³-hybridized carbons (Fsp3) is 0.667. The molecule has 0 radical (unpaired) electrons. The van der Waals surface area contributed by atoms with E-state index in [1.807, 2.05) is 6.92 Å². The van der Waals surface area contributed by atoms with Gasteiger partial charge in [0.2, 0.25) is 0 Å². The molecular weight excluding hydrogens is 200 g/mol. The zero-order valence-corrected chi connectivity index (χ0v) is 10.3. The second-order valence-electron chi connectivity index (χ2n) is 4.36. The third-order valence-corrected chi connectivity index (χ3v) is 3.04. The number of piperazine rings is 1. The van der Waals surface area contributed by atoms with Crippen LogP contribution >= 0.6 is 0 Å². The van der Waals surface area contributed by atoms with Gasteiger partial charge in [-0.15, -0.1) is 0 Å². The summed E-state index contributed by atoms with van der Waals surface area (Å²) in [6, 6.07) is 2.63. The molecule has 0 aromatic carbocycles. The van der Waals surface area contributed by atoms with Gasteiger partial charge in [0.15, 0.2) is 0 Å². The first-order valence-electron chi connectivity index (χ1n) is 6.02. The molecule has 1 aliphatic rings. The summed E-state index contributed by atoms with van der Waals surface area (Å²) in [7, 11) is 0. The predicted molar refractivity (Wildman–Crippen MR) is 65.8 cm³/mol. The lowest BCUT2D eigenvalue weighted by molar-refractivity contribution is 0.496. The summed E-state index contributed by atoms with van der Waals surface area (Å²) in [5.41, 5.74) is 1.13. The van der Waals surface area contributed by atoms with Crippen LogP contribution in [-0.4, -0.2) is 35.6 Å². The van der Waals surface area contributed by atoms with Gasteiger partial charge in [-0.05, 0) is 20.3 Å². The summed E-state index contributed by atoms with van der Waals surface area (Å²) >= 11 is 0. The van der Waals surface area contributed by atoms with Gasteiger partial charge in [0.25, 0.3) is 0 Å². The molecule has 1 aromatic heterocycles. The topological polar surface area (TPSA) is 41.0 Å². The molecule has 1 fully saturated rings. The lowest BCUT2D eigenvalue weighted by Gasteiger charge is -2.35. The van der Waals surface area contributed by atoms with Crippen molar-refractivity contribution in [2.24, 2.45) is 0 Å². The van der Waals surface area contributed by atoms with Crippen LogP contribution in [0, 0.1) is 6.92 Å². The minimum absolute atomic E-state index is 0.507. The summed E-state index contributed by atoms with van der Waals surface area (Å²) in [5, 5.41) is 3.39. The number of nitrogens with one attached hydrogen (secondary N) is 1. The molecule has 0 aliphatic carbocycles. The van der Waals surface area contributed by atoms with E-state index in [0.29, 0.717) is 6.04 Å². The van der Waals surface area contributed by atoms with Crippen molar-refractivity contribution in [3.63, 3.8) is 0 Å². The predicted octanol–water partition coefficient (Wildman–Crippen LogP) is 1.15. The minimum Gasteiger partial charge on any atom is -0.351 e. The highest BCUT2D eigenvalue weighted by atomic mass is 15.3. The van der Waals surface area contributed by atoms with Crippen LogP contribution in [0.2, 0.25) is 0 Å². The maximum atomic E-state index is 4.54. The molecule has 0 saturated carbocycles. The Kier molecular flexibility index (Phi) is 3.39. The summed E-state index contributed by atoms with van der Waals surface area (Å²) in [6.07, 6.45) is 0.969. The fourth-order valence-corrected chi connectivity index (χ4v) is 2.12. The molecule has 1 aromatic rings. The highest BCUT2D eigenvalue weighted by Crippen LogP contribution is 2.17. The molecule has 1 unspecified atom stereocenters. The Morgan fingerprint density at radius 2 is 2.31 bits per heavy atom. The molecule has 1 saturated heterocycles. The molecule has 1 N–H and O–H groups in total. The number of hydrogen-bond acceptors (Lipinski definition) is 4. The van der Waals surface area contributed by atoms with Gasteiger partial charge in [-0.3, -0.25) is 0 Å². The molecule has 88 valence electrons. The molecule has 4 nitrogen and oxygen atoms in total. The molecular formula is C12H20N4. The molecule has 0 bridgehead atoms. The lowest BCUT2D eigenvalue weighted by Crippen LogP contribution is -2.50. The summed E-state index contributed by atoms with van der Waals surface area (Å²) < 4.78 is 0. The number of nitrogens with zero attached hydrogens (tertiary/aromatic N) is 3. The van der Waals surface area contributed by atoms with E-state index in [1.54, 1.807) is 0 Å². The third kappa shape index (κ3) is 2.32. The Balaban J connectivity index is 2.27. The first-order valence-corrected chi connectivity index (χ1v) is 6.02. The van der Waals surface area contributed by atoms with Crippen molar-refractivity contribution in [3.8, 4) is 0 Å². The number of hydrogen-bond donors (Lipinski definition) is 1. The zero-order chi connectivity index (χ0) is 11.5. The van der Waals surface area contributed by atoms with Gasteiger partial charge in [-0.2, -0.15) is 0 Å². The van der Waals surface area contributed by atoms with Gasteiger partial charge < -0.3 is 10.2 Å². The Bertz CT molecular complexity index is 364. The van der Waals surface area contributed by atoms with E-state index in [1.165, 1.54) is 0 Å². The van der Waals surface area contributed by atoms with Gasteiger partial charge >= 0.3 is 0 Å². The quantitative estimate of drug-likeness (QED) is 0.811. The maximum absolute atomic E-state index is 4.54. The third-order valence-electron chi connectivity index (χ3n) is 3.04. The van der Waals surface area contributed by atoms with Crippen molar-refractivity contribution in [1.82, 2.24) is 15.3 Å². The van der Waals surface area contributed by atoms with Crippen molar-refractivity contribution in [1.29, 1.82) is 0 Å². The van der Waals surface area contributed by atoms with Crippen LogP contribution in [0.15, 0.2) is 6.07 Å². The van der Waals surface area contributed by atoms with Crippen LogP contribution in [0.25, 0.3) is 0 Å². The Hall–Kier alpha value is -1.16. The number of aryl methyl sites for hydroxylation is 2. The van der Waals surface area contributed by atoms with Crippen LogP contribution in [0.4, 0.5) is 5.82 Å². The lowest BCUT2D eigenvalue weighted by atomic mass is 10.2. The Morgan fingerprint density at radius 1 is 1.50 bits per heavy atom. The minimum atomic E-state index is 0.507. The smallest absolute Gasteiger partial charge is 0.132 e. The van der Waals surface area contributed by atoms with Gasteiger partial charge in [0, 0.05) is 37.4 Å². The second kappa shape index (κ2) is 4.78. The van der Waals surface area contributed by atoms with Gasteiger partial charge in [0.1, 0.15) is 11.6 Å². The van der Waals surface area contributed by atoms with E-state index in [4.69, 9.17) is 0 Å². The maximum Gasteiger partial charge on any atom is 0.132 e. The molecule has 0 amide bonds. The number of aromatic nitrogens is 2. The largest absolute Gasteiger partial charge is 0.351 e. The Labute approximate surface area is 97.1 Å². The van der Waals surface area contributed by atoms with E-state index in [0.717, 1.165) is 43.4 Å². The monoisotopic (exact) mass is 220 g/mol. The van der Waals surface area contributed by atoms with E-state index < -0.39 is 0 Å². The summed E-state index contributed by atoms with van der Waals surface area (Å²) in [5.74, 6) is 1.96. The molecule has 16 heavy (non-hydrogen) atoms.